The summed E-state index contributed by atoms with van der Waals surface area (Å²) in [6.07, 6.45) is 3.98. The summed E-state index contributed by atoms with van der Waals surface area (Å²) in [6.45, 7) is 8.62. The van der Waals surface area contributed by atoms with E-state index in [1.54, 1.807) is 4.31 Å². The van der Waals surface area contributed by atoms with E-state index in [1.165, 1.54) is 0 Å². The fraction of sp³-hybridized carbons (Fsp3) is 0.625. The molecule has 1 saturated heterocycles. The topological polar surface area (TPSA) is 37.4 Å². The predicted octanol–water partition coefficient (Wildman–Crippen LogP) is 3.57. The minimum absolute atomic E-state index is 0.162. The number of aryl methyl sites for hydroxylation is 3. The Kier molecular flexibility index (Phi) is 4.55. The maximum atomic E-state index is 13.0. The van der Waals surface area contributed by atoms with Gasteiger partial charge in [0.2, 0.25) is 10.0 Å². The molecule has 1 aromatic carbocycles. The van der Waals surface area contributed by atoms with Crippen molar-refractivity contribution in [2.45, 2.75) is 64.3 Å². The molecule has 1 aliphatic rings. The molecule has 0 N–H and O–H groups in total. The van der Waals surface area contributed by atoms with Crippen molar-refractivity contribution in [3.63, 3.8) is 0 Å². The van der Waals surface area contributed by atoms with Gasteiger partial charge in [0.25, 0.3) is 0 Å². The molecule has 0 aromatic heterocycles. The molecule has 2 rings (SSSR count). The highest BCUT2D eigenvalue weighted by atomic mass is 32.2. The number of hydrogen-bond donors (Lipinski definition) is 0. The maximum absolute atomic E-state index is 13.0. The van der Waals surface area contributed by atoms with Crippen molar-refractivity contribution in [3.8, 4) is 0 Å². The Labute approximate surface area is 123 Å². The normalized spacial score (nSPS) is 21.1. The summed E-state index contributed by atoms with van der Waals surface area (Å²) in [6, 6.07) is 3.98. The van der Waals surface area contributed by atoms with Crippen molar-refractivity contribution >= 4 is 10.0 Å². The molecule has 1 aliphatic heterocycles. The summed E-state index contributed by atoms with van der Waals surface area (Å²) < 4.78 is 27.7. The van der Waals surface area contributed by atoms with E-state index in [-0.39, 0.29) is 6.04 Å². The lowest BCUT2D eigenvalue weighted by molar-refractivity contribution is 0.246. The second-order valence-corrected chi connectivity index (χ2v) is 7.73. The highest BCUT2D eigenvalue weighted by Gasteiger charge is 2.33. The molecule has 112 valence electrons. The van der Waals surface area contributed by atoms with Crippen LogP contribution < -0.4 is 0 Å². The lowest BCUT2D eigenvalue weighted by Gasteiger charge is -2.34. The zero-order chi connectivity index (χ0) is 14.9. The van der Waals surface area contributed by atoms with Crippen LogP contribution in [0.3, 0.4) is 0 Å². The molecule has 0 unspecified atom stereocenters. The van der Waals surface area contributed by atoms with E-state index in [9.17, 15) is 8.42 Å². The molecule has 3 nitrogen and oxygen atoms in total. The Bertz CT molecular complexity index is 593. The average molecular weight is 295 g/mol. The highest BCUT2D eigenvalue weighted by molar-refractivity contribution is 7.89. The first-order chi connectivity index (χ1) is 9.37. The fourth-order valence-corrected chi connectivity index (χ4v) is 5.10. The third kappa shape index (κ3) is 2.77. The van der Waals surface area contributed by atoms with Gasteiger partial charge in [0.15, 0.2) is 0 Å². The fourth-order valence-electron chi connectivity index (χ4n) is 3.04. The molecule has 0 radical (unpaired) electrons. The van der Waals surface area contributed by atoms with Gasteiger partial charge in [-0.25, -0.2) is 8.42 Å². The molecular weight excluding hydrogens is 270 g/mol. The number of nitrogens with zero attached hydrogens (tertiary/aromatic N) is 1. The molecule has 20 heavy (non-hydrogen) atoms. The Morgan fingerprint density at radius 3 is 2.40 bits per heavy atom. The van der Waals surface area contributed by atoms with Crippen LogP contribution in [0.5, 0.6) is 0 Å². The number of hydrogen-bond acceptors (Lipinski definition) is 2. The van der Waals surface area contributed by atoms with Gasteiger partial charge in [0.05, 0.1) is 4.90 Å². The highest BCUT2D eigenvalue weighted by Crippen LogP contribution is 2.29. The number of sulfonamides is 1. The summed E-state index contributed by atoms with van der Waals surface area (Å²) in [4.78, 5) is 0.487. The Morgan fingerprint density at radius 1 is 1.10 bits per heavy atom. The van der Waals surface area contributed by atoms with Gasteiger partial charge in [-0.2, -0.15) is 4.31 Å². The number of rotatable bonds is 3. The Hall–Kier alpha value is -0.870. The van der Waals surface area contributed by atoms with Crippen molar-refractivity contribution in [1.29, 1.82) is 0 Å². The Morgan fingerprint density at radius 2 is 1.75 bits per heavy atom. The van der Waals surface area contributed by atoms with Crippen LogP contribution in [0, 0.1) is 20.8 Å². The minimum Gasteiger partial charge on any atom is -0.207 e. The van der Waals surface area contributed by atoms with Crippen molar-refractivity contribution in [3.05, 3.63) is 28.8 Å². The largest absolute Gasteiger partial charge is 0.243 e. The van der Waals surface area contributed by atoms with Gasteiger partial charge in [0, 0.05) is 12.6 Å². The van der Waals surface area contributed by atoms with Gasteiger partial charge < -0.3 is 0 Å². The van der Waals surface area contributed by atoms with Crippen LogP contribution in [-0.4, -0.2) is 25.3 Å². The van der Waals surface area contributed by atoms with Crippen LogP contribution in [0.4, 0.5) is 0 Å². The summed E-state index contributed by atoms with van der Waals surface area (Å²) in [5.41, 5.74) is 3.04. The molecular formula is C16H25NO2S. The molecule has 0 saturated carbocycles. The monoisotopic (exact) mass is 295 g/mol. The van der Waals surface area contributed by atoms with Gasteiger partial charge in [-0.05, 0) is 62.8 Å². The van der Waals surface area contributed by atoms with Crippen LogP contribution in [0.1, 0.15) is 49.3 Å². The van der Waals surface area contributed by atoms with E-state index in [0.29, 0.717) is 11.4 Å². The molecule has 1 fully saturated rings. The zero-order valence-corrected chi connectivity index (χ0v) is 13.8. The molecule has 1 heterocycles. The molecule has 4 heteroatoms. The van der Waals surface area contributed by atoms with E-state index in [2.05, 4.69) is 6.92 Å². The third-order valence-electron chi connectivity index (χ3n) is 4.42. The van der Waals surface area contributed by atoms with E-state index < -0.39 is 10.0 Å². The minimum atomic E-state index is -3.36. The second kappa shape index (κ2) is 5.86. The molecule has 1 atom stereocenters. The van der Waals surface area contributed by atoms with Crippen molar-refractivity contribution in [1.82, 2.24) is 4.31 Å². The average Bonchev–Trinajstić information content (AvgIpc) is 2.42. The van der Waals surface area contributed by atoms with Crippen molar-refractivity contribution in [2.24, 2.45) is 0 Å². The zero-order valence-electron chi connectivity index (χ0n) is 12.9. The second-order valence-electron chi connectivity index (χ2n) is 5.88. The number of piperidine rings is 1. The van der Waals surface area contributed by atoms with E-state index in [0.717, 1.165) is 42.4 Å². The van der Waals surface area contributed by atoms with Gasteiger partial charge in [-0.1, -0.05) is 19.4 Å². The summed E-state index contributed by atoms with van der Waals surface area (Å²) in [5, 5.41) is 0. The van der Waals surface area contributed by atoms with E-state index >= 15 is 0 Å². The van der Waals surface area contributed by atoms with Crippen LogP contribution in [0.25, 0.3) is 0 Å². The molecule has 0 bridgehead atoms. The van der Waals surface area contributed by atoms with Crippen LogP contribution in [0.2, 0.25) is 0 Å². The van der Waals surface area contributed by atoms with Gasteiger partial charge >= 0.3 is 0 Å². The molecule has 1 aromatic rings. The van der Waals surface area contributed by atoms with E-state index in [1.807, 2.05) is 32.9 Å². The summed E-state index contributed by atoms with van der Waals surface area (Å²) in [5.74, 6) is 0. The van der Waals surface area contributed by atoms with Gasteiger partial charge in [0.1, 0.15) is 0 Å². The predicted molar refractivity (Wildman–Crippen MR) is 82.5 cm³/mol. The van der Waals surface area contributed by atoms with Crippen LogP contribution >= 0.6 is 0 Å². The molecule has 0 aliphatic carbocycles. The molecule has 0 amide bonds. The summed E-state index contributed by atoms with van der Waals surface area (Å²) >= 11 is 0. The van der Waals surface area contributed by atoms with E-state index in [4.69, 9.17) is 0 Å². The van der Waals surface area contributed by atoms with Crippen molar-refractivity contribution in [2.75, 3.05) is 6.54 Å². The van der Waals surface area contributed by atoms with Gasteiger partial charge in [-0.3, -0.25) is 0 Å². The summed E-state index contributed by atoms with van der Waals surface area (Å²) in [7, 11) is -3.36. The lowest BCUT2D eigenvalue weighted by atomic mass is 10.0. The quantitative estimate of drug-likeness (QED) is 0.855. The first kappa shape index (κ1) is 15.5. The van der Waals surface area contributed by atoms with Crippen LogP contribution in [0.15, 0.2) is 17.0 Å². The third-order valence-corrected chi connectivity index (χ3v) is 6.52. The SMILES string of the molecule is CC[C@@H]1CCCCN1S(=O)(=O)c1cc(C)c(C)cc1C. The number of benzene rings is 1. The smallest absolute Gasteiger partial charge is 0.207 e. The standard InChI is InChI=1S/C16H25NO2S/c1-5-15-8-6-7-9-17(15)20(18,19)16-11-13(3)12(2)10-14(16)4/h10-11,15H,5-9H2,1-4H3/t15-/m1/s1. The Balaban J connectivity index is 2.46. The first-order valence-electron chi connectivity index (χ1n) is 7.47. The van der Waals surface area contributed by atoms with Crippen LogP contribution in [-0.2, 0) is 10.0 Å². The van der Waals surface area contributed by atoms with Crippen molar-refractivity contribution < 1.29 is 8.42 Å². The lowest BCUT2D eigenvalue weighted by Crippen LogP contribution is -2.43. The van der Waals surface area contributed by atoms with Gasteiger partial charge in [-0.15, -0.1) is 0 Å². The molecule has 0 spiro atoms. The maximum Gasteiger partial charge on any atom is 0.243 e. The first-order valence-corrected chi connectivity index (χ1v) is 8.91.